The molecule has 126 valence electrons. The zero-order chi connectivity index (χ0) is 16.4. The van der Waals surface area contributed by atoms with Crippen LogP contribution < -0.4 is 11.1 Å². The van der Waals surface area contributed by atoms with Crippen molar-refractivity contribution >= 4 is 11.6 Å². The molecule has 3 N–H and O–H groups in total. The van der Waals surface area contributed by atoms with E-state index in [0.29, 0.717) is 11.5 Å². The molecule has 0 bridgehead atoms. The lowest BCUT2D eigenvalue weighted by Crippen LogP contribution is -2.23. The molecule has 2 atom stereocenters. The largest absolute Gasteiger partial charge is 0.382 e. The fourth-order valence-corrected chi connectivity index (χ4v) is 4.19. The Morgan fingerprint density at radius 1 is 1.09 bits per heavy atom. The summed E-state index contributed by atoms with van der Waals surface area (Å²) in [4.78, 5) is 11.3. The summed E-state index contributed by atoms with van der Waals surface area (Å²) < 4.78 is 0. The first-order chi connectivity index (χ1) is 10.9. The van der Waals surface area contributed by atoms with Gasteiger partial charge in [0.05, 0.1) is 0 Å². The maximum absolute atomic E-state index is 11.3. The number of nitrogens with one attached hydrogen (secondary N) is 1. The van der Waals surface area contributed by atoms with E-state index in [0.717, 1.165) is 25.2 Å². The third-order valence-corrected chi connectivity index (χ3v) is 5.93. The van der Waals surface area contributed by atoms with Gasteiger partial charge in [-0.2, -0.15) is 0 Å². The Kier molecular flexibility index (Phi) is 4.65. The molecule has 2 unspecified atom stereocenters. The van der Waals surface area contributed by atoms with Gasteiger partial charge >= 0.3 is 0 Å². The lowest BCUT2D eigenvalue weighted by Gasteiger charge is -2.34. The Hall–Kier alpha value is -1.51. The van der Waals surface area contributed by atoms with Gasteiger partial charge in [0.15, 0.2) is 0 Å². The van der Waals surface area contributed by atoms with Crippen molar-refractivity contribution in [3.8, 4) is 0 Å². The molecule has 2 saturated carbocycles. The predicted octanol–water partition coefficient (Wildman–Crippen LogP) is 4.44. The van der Waals surface area contributed by atoms with E-state index in [4.69, 9.17) is 5.73 Å². The molecule has 3 heteroatoms. The quantitative estimate of drug-likeness (QED) is 0.863. The summed E-state index contributed by atoms with van der Waals surface area (Å²) in [5.74, 6) is 0.630. The van der Waals surface area contributed by atoms with Crippen LogP contribution in [0.5, 0.6) is 0 Å². The standard InChI is InChI=1S/C20H30N2O/c1-20(2)11-9-15(10-12-20)14-3-6-17(7-4-14)22-18-8-5-16(13-18)19(21)23/h3-4,6-7,15-16,18,22H,5,8-13H2,1-2H3,(H2,21,23). The molecule has 0 spiro atoms. The predicted molar refractivity (Wildman–Crippen MR) is 95.4 cm³/mol. The fraction of sp³-hybridized carbons (Fsp3) is 0.650. The average Bonchev–Trinajstić information content (AvgIpc) is 2.97. The van der Waals surface area contributed by atoms with E-state index in [1.54, 1.807) is 0 Å². The molecule has 1 aromatic carbocycles. The van der Waals surface area contributed by atoms with Crippen LogP contribution in [0.1, 0.15) is 70.3 Å². The van der Waals surface area contributed by atoms with Gasteiger partial charge in [0.25, 0.3) is 0 Å². The Balaban J connectivity index is 1.55. The third-order valence-electron chi connectivity index (χ3n) is 5.93. The van der Waals surface area contributed by atoms with Crippen LogP contribution in [0.2, 0.25) is 0 Å². The van der Waals surface area contributed by atoms with Crippen LogP contribution in [0.25, 0.3) is 0 Å². The second-order valence-electron chi connectivity index (χ2n) is 8.31. The molecule has 2 aliphatic carbocycles. The highest BCUT2D eigenvalue weighted by atomic mass is 16.1. The number of hydrogen-bond donors (Lipinski definition) is 2. The zero-order valence-electron chi connectivity index (χ0n) is 14.5. The molecular weight excluding hydrogens is 284 g/mol. The van der Waals surface area contributed by atoms with Crippen LogP contribution >= 0.6 is 0 Å². The van der Waals surface area contributed by atoms with Crippen molar-refractivity contribution in [2.24, 2.45) is 17.1 Å². The molecule has 0 radical (unpaired) electrons. The number of benzene rings is 1. The first kappa shape index (κ1) is 16.4. The first-order valence-electron chi connectivity index (χ1n) is 9.09. The summed E-state index contributed by atoms with van der Waals surface area (Å²) in [6.07, 6.45) is 8.10. The second-order valence-corrected chi connectivity index (χ2v) is 8.31. The van der Waals surface area contributed by atoms with Crippen LogP contribution in [0, 0.1) is 11.3 Å². The summed E-state index contributed by atoms with van der Waals surface area (Å²) in [5, 5.41) is 3.56. The molecule has 0 aromatic heterocycles. The number of hydrogen-bond acceptors (Lipinski definition) is 2. The maximum Gasteiger partial charge on any atom is 0.220 e. The highest BCUT2D eigenvalue weighted by molar-refractivity contribution is 5.77. The number of primary amides is 1. The highest BCUT2D eigenvalue weighted by Crippen LogP contribution is 2.42. The van der Waals surface area contributed by atoms with E-state index in [2.05, 4.69) is 43.4 Å². The van der Waals surface area contributed by atoms with Crippen molar-refractivity contribution in [1.29, 1.82) is 0 Å². The van der Waals surface area contributed by atoms with E-state index in [1.165, 1.54) is 36.9 Å². The number of carbonyl (C=O) groups is 1. The minimum absolute atomic E-state index is 0.0531. The van der Waals surface area contributed by atoms with Gasteiger partial charge in [-0.25, -0.2) is 0 Å². The van der Waals surface area contributed by atoms with E-state index >= 15 is 0 Å². The number of amides is 1. The van der Waals surface area contributed by atoms with Gasteiger partial charge in [-0.15, -0.1) is 0 Å². The van der Waals surface area contributed by atoms with E-state index < -0.39 is 0 Å². The third kappa shape index (κ3) is 4.07. The van der Waals surface area contributed by atoms with Crippen molar-refractivity contribution in [2.75, 3.05) is 5.32 Å². The summed E-state index contributed by atoms with van der Waals surface area (Å²) in [6.45, 7) is 4.77. The van der Waals surface area contributed by atoms with Crippen LogP contribution in [0.4, 0.5) is 5.69 Å². The monoisotopic (exact) mass is 314 g/mol. The molecule has 0 saturated heterocycles. The van der Waals surface area contributed by atoms with E-state index in [-0.39, 0.29) is 11.8 Å². The number of carbonyl (C=O) groups excluding carboxylic acids is 1. The van der Waals surface area contributed by atoms with Gasteiger partial charge in [0.2, 0.25) is 5.91 Å². The molecule has 0 heterocycles. The van der Waals surface area contributed by atoms with Gasteiger partial charge < -0.3 is 11.1 Å². The molecular formula is C20H30N2O. The number of nitrogens with two attached hydrogens (primary N) is 1. The lowest BCUT2D eigenvalue weighted by molar-refractivity contribution is -0.121. The Labute approximate surface area is 140 Å². The molecule has 1 amide bonds. The van der Waals surface area contributed by atoms with Crippen LogP contribution in [0.15, 0.2) is 24.3 Å². The van der Waals surface area contributed by atoms with Crippen LogP contribution in [-0.4, -0.2) is 11.9 Å². The van der Waals surface area contributed by atoms with E-state index in [9.17, 15) is 4.79 Å². The fourth-order valence-electron chi connectivity index (χ4n) is 4.19. The Morgan fingerprint density at radius 3 is 2.30 bits per heavy atom. The summed E-state index contributed by atoms with van der Waals surface area (Å²) in [6, 6.07) is 9.35. The molecule has 3 rings (SSSR count). The van der Waals surface area contributed by atoms with Crippen LogP contribution in [-0.2, 0) is 4.79 Å². The SMILES string of the molecule is CC1(C)CCC(c2ccc(NC3CCC(C(N)=O)C3)cc2)CC1. The first-order valence-corrected chi connectivity index (χ1v) is 9.09. The number of rotatable bonds is 4. The Bertz CT molecular complexity index is 539. The maximum atomic E-state index is 11.3. The minimum atomic E-state index is -0.148. The van der Waals surface area contributed by atoms with E-state index in [1.807, 2.05) is 0 Å². The van der Waals surface area contributed by atoms with Crippen molar-refractivity contribution in [1.82, 2.24) is 0 Å². The molecule has 3 nitrogen and oxygen atoms in total. The number of anilines is 1. The summed E-state index contributed by atoms with van der Waals surface area (Å²) in [5.41, 5.74) is 8.58. The lowest BCUT2D eigenvalue weighted by atomic mass is 9.71. The molecule has 23 heavy (non-hydrogen) atoms. The van der Waals surface area contributed by atoms with Crippen molar-refractivity contribution in [3.63, 3.8) is 0 Å². The zero-order valence-corrected chi connectivity index (χ0v) is 14.5. The molecule has 0 aliphatic heterocycles. The normalized spacial score (nSPS) is 27.7. The van der Waals surface area contributed by atoms with Crippen molar-refractivity contribution < 1.29 is 4.79 Å². The van der Waals surface area contributed by atoms with Gasteiger partial charge in [0, 0.05) is 17.6 Å². The van der Waals surface area contributed by atoms with Crippen LogP contribution in [0.3, 0.4) is 0 Å². The Morgan fingerprint density at radius 2 is 1.74 bits per heavy atom. The van der Waals surface area contributed by atoms with Crippen molar-refractivity contribution in [3.05, 3.63) is 29.8 Å². The van der Waals surface area contributed by atoms with Gasteiger partial charge in [-0.05, 0) is 74.0 Å². The smallest absolute Gasteiger partial charge is 0.220 e. The van der Waals surface area contributed by atoms with Gasteiger partial charge in [-0.1, -0.05) is 26.0 Å². The second kappa shape index (κ2) is 6.54. The average molecular weight is 314 g/mol. The molecule has 2 aliphatic rings. The minimum Gasteiger partial charge on any atom is -0.382 e. The van der Waals surface area contributed by atoms with Gasteiger partial charge in [-0.3, -0.25) is 4.79 Å². The van der Waals surface area contributed by atoms with Crippen molar-refractivity contribution in [2.45, 2.75) is 70.8 Å². The summed E-state index contributed by atoms with van der Waals surface area (Å²) >= 11 is 0. The molecule has 1 aromatic rings. The highest BCUT2D eigenvalue weighted by Gasteiger charge is 2.29. The summed E-state index contributed by atoms with van der Waals surface area (Å²) in [7, 11) is 0. The topological polar surface area (TPSA) is 55.1 Å². The molecule has 2 fully saturated rings. The van der Waals surface area contributed by atoms with Gasteiger partial charge in [0.1, 0.15) is 0 Å².